The molecule has 2 rings (SSSR count). The summed E-state index contributed by atoms with van der Waals surface area (Å²) in [4.78, 5) is 11.4. The second-order valence-corrected chi connectivity index (χ2v) is 6.25. The number of benzene rings is 1. The Labute approximate surface area is 114 Å². The number of rotatable bonds is 2. The zero-order chi connectivity index (χ0) is 12.1. The molecule has 1 aromatic carbocycles. The first-order valence-corrected chi connectivity index (χ1v) is 6.16. The summed E-state index contributed by atoms with van der Waals surface area (Å²) in [5, 5.41) is 0.107. The molecule has 1 nitrogen and oxygen atoms in total. The molecule has 0 aromatic heterocycles. The molecule has 1 saturated carbocycles. The third-order valence-corrected chi connectivity index (χ3v) is 5.03. The lowest BCUT2D eigenvalue weighted by atomic mass is 10.0. The van der Waals surface area contributed by atoms with Gasteiger partial charge in [0.25, 0.3) is 0 Å². The molecule has 0 saturated heterocycles. The predicted molar refractivity (Wildman–Crippen MR) is 67.6 cm³/mol. The number of halogens is 4. The molecule has 5 heteroatoms. The summed E-state index contributed by atoms with van der Waals surface area (Å²) in [5.74, 6) is -0.286. The van der Waals surface area contributed by atoms with E-state index in [0.717, 1.165) is 5.56 Å². The molecule has 2 unspecified atom stereocenters. The second kappa shape index (κ2) is 3.78. The van der Waals surface area contributed by atoms with Crippen molar-refractivity contribution in [3.8, 4) is 0 Å². The first kappa shape index (κ1) is 12.5. The van der Waals surface area contributed by atoms with Crippen LogP contribution in [-0.2, 0) is 4.79 Å². The van der Waals surface area contributed by atoms with Gasteiger partial charge in [-0.25, -0.2) is 0 Å². The minimum Gasteiger partial charge on any atom is -0.281 e. The van der Waals surface area contributed by atoms with Gasteiger partial charge in [-0.15, -0.1) is 0 Å². The van der Waals surface area contributed by atoms with Gasteiger partial charge < -0.3 is 0 Å². The van der Waals surface area contributed by atoms with Crippen molar-refractivity contribution in [1.29, 1.82) is 0 Å². The van der Waals surface area contributed by atoms with Crippen LogP contribution in [-0.4, -0.2) is 9.58 Å². The molecule has 0 heterocycles. The molecule has 1 aliphatic carbocycles. The second-order valence-electron chi connectivity index (χ2n) is 4.08. The molecule has 86 valence electrons. The van der Waals surface area contributed by atoms with Gasteiger partial charge in [0.05, 0.1) is 5.41 Å². The van der Waals surface area contributed by atoms with E-state index in [-0.39, 0.29) is 5.92 Å². The minimum atomic E-state index is -1.14. The molecule has 0 spiro atoms. The van der Waals surface area contributed by atoms with Crippen molar-refractivity contribution in [2.75, 3.05) is 0 Å². The fourth-order valence-electron chi connectivity index (χ4n) is 1.97. The van der Waals surface area contributed by atoms with Crippen molar-refractivity contribution in [3.05, 3.63) is 34.9 Å². The normalized spacial score (nSPS) is 31.2. The molecule has 2 atom stereocenters. The molecule has 0 aliphatic heterocycles. The van der Waals surface area contributed by atoms with Gasteiger partial charge in [-0.3, -0.25) is 4.79 Å². The van der Waals surface area contributed by atoms with Gasteiger partial charge in [-0.2, -0.15) is 0 Å². The van der Waals surface area contributed by atoms with E-state index < -0.39 is 15.0 Å². The molecule has 16 heavy (non-hydrogen) atoms. The van der Waals surface area contributed by atoms with Crippen LogP contribution in [0.1, 0.15) is 18.4 Å². The number of carbonyl (C=O) groups is 1. The third kappa shape index (κ3) is 1.57. The van der Waals surface area contributed by atoms with Crippen LogP contribution in [0, 0.1) is 5.41 Å². The Morgan fingerprint density at radius 2 is 1.75 bits per heavy atom. The SMILES string of the molecule is CC1(C(=O)Cl)C(c2ccc(Cl)cc2)C1(Cl)Cl. The fourth-order valence-corrected chi connectivity index (χ4v) is 3.42. The van der Waals surface area contributed by atoms with Gasteiger partial charge in [-0.05, 0) is 36.2 Å². The van der Waals surface area contributed by atoms with Crippen LogP contribution in [0.2, 0.25) is 5.02 Å². The standard InChI is InChI=1S/C11H8Cl4O/c1-10(9(13)16)8(11(10,14)15)6-2-4-7(12)5-3-6/h2-5,8H,1H3. The summed E-state index contributed by atoms with van der Waals surface area (Å²) >= 11 is 23.5. The van der Waals surface area contributed by atoms with Gasteiger partial charge in [0.15, 0.2) is 0 Å². The first-order chi connectivity index (χ1) is 7.31. The number of hydrogen-bond acceptors (Lipinski definition) is 1. The highest BCUT2D eigenvalue weighted by atomic mass is 35.5. The van der Waals surface area contributed by atoms with Gasteiger partial charge >= 0.3 is 0 Å². The van der Waals surface area contributed by atoms with Crippen molar-refractivity contribution < 1.29 is 4.79 Å². The molecular formula is C11H8Cl4O. The van der Waals surface area contributed by atoms with Crippen LogP contribution in [0.5, 0.6) is 0 Å². The van der Waals surface area contributed by atoms with E-state index in [1.54, 1.807) is 31.2 Å². The predicted octanol–water partition coefficient (Wildman–Crippen LogP) is 4.38. The van der Waals surface area contributed by atoms with E-state index in [1.165, 1.54) is 0 Å². The summed E-state index contributed by atoms with van der Waals surface area (Å²) in [6, 6.07) is 7.07. The lowest BCUT2D eigenvalue weighted by Crippen LogP contribution is -2.12. The van der Waals surface area contributed by atoms with E-state index in [2.05, 4.69) is 0 Å². The topological polar surface area (TPSA) is 17.1 Å². The molecule has 0 N–H and O–H groups in total. The largest absolute Gasteiger partial charge is 0.281 e. The van der Waals surface area contributed by atoms with Crippen molar-refractivity contribution in [2.45, 2.75) is 17.2 Å². The Balaban J connectivity index is 2.38. The Morgan fingerprint density at radius 1 is 1.25 bits per heavy atom. The van der Waals surface area contributed by atoms with Crippen LogP contribution in [0.25, 0.3) is 0 Å². The van der Waals surface area contributed by atoms with E-state index >= 15 is 0 Å². The smallest absolute Gasteiger partial charge is 0.231 e. The highest BCUT2D eigenvalue weighted by Gasteiger charge is 2.77. The van der Waals surface area contributed by atoms with E-state index in [0.29, 0.717) is 5.02 Å². The fraction of sp³-hybridized carbons (Fsp3) is 0.364. The Morgan fingerprint density at radius 3 is 2.12 bits per heavy atom. The third-order valence-electron chi connectivity index (χ3n) is 3.16. The summed E-state index contributed by atoms with van der Waals surface area (Å²) in [6.45, 7) is 1.67. The highest BCUT2D eigenvalue weighted by Crippen LogP contribution is 2.74. The van der Waals surface area contributed by atoms with Gasteiger partial charge in [0, 0.05) is 10.9 Å². The van der Waals surface area contributed by atoms with Crippen molar-refractivity contribution in [3.63, 3.8) is 0 Å². The maximum atomic E-state index is 11.4. The maximum Gasteiger partial charge on any atom is 0.231 e. The Kier molecular flexibility index (Phi) is 2.95. The Bertz CT molecular complexity index is 440. The molecule has 1 fully saturated rings. The van der Waals surface area contributed by atoms with Crippen LogP contribution in [0.3, 0.4) is 0 Å². The number of hydrogen-bond donors (Lipinski definition) is 0. The van der Waals surface area contributed by atoms with Crippen LogP contribution in [0.4, 0.5) is 0 Å². The van der Waals surface area contributed by atoms with Crippen molar-refractivity contribution >= 4 is 51.6 Å². The summed E-state index contributed by atoms with van der Waals surface area (Å²) in [6.07, 6.45) is 0. The zero-order valence-electron chi connectivity index (χ0n) is 8.31. The number of carbonyl (C=O) groups excluding carboxylic acids is 1. The van der Waals surface area contributed by atoms with Gasteiger partial charge in [-0.1, -0.05) is 46.9 Å². The lowest BCUT2D eigenvalue weighted by molar-refractivity contribution is -0.115. The van der Waals surface area contributed by atoms with E-state index in [9.17, 15) is 4.79 Å². The molecule has 1 aliphatic rings. The molecule has 1 aromatic rings. The highest BCUT2D eigenvalue weighted by molar-refractivity contribution is 6.69. The average molecular weight is 298 g/mol. The average Bonchev–Trinajstić information content (AvgIpc) is 2.65. The van der Waals surface area contributed by atoms with Crippen LogP contribution < -0.4 is 0 Å². The minimum absolute atomic E-state index is 0.286. The summed E-state index contributed by atoms with van der Waals surface area (Å²) in [5.41, 5.74) is -0.0585. The van der Waals surface area contributed by atoms with Gasteiger partial charge in [0.1, 0.15) is 4.33 Å². The molecule has 0 bridgehead atoms. The summed E-state index contributed by atoms with van der Waals surface area (Å²) < 4.78 is -1.14. The summed E-state index contributed by atoms with van der Waals surface area (Å²) in [7, 11) is 0. The number of alkyl halides is 2. The van der Waals surface area contributed by atoms with E-state index in [4.69, 9.17) is 46.4 Å². The van der Waals surface area contributed by atoms with Crippen molar-refractivity contribution in [2.24, 2.45) is 5.41 Å². The maximum absolute atomic E-state index is 11.4. The monoisotopic (exact) mass is 296 g/mol. The molecular weight excluding hydrogens is 290 g/mol. The molecule has 0 amide bonds. The Hall–Kier alpha value is 0.0500. The van der Waals surface area contributed by atoms with E-state index in [1.807, 2.05) is 0 Å². The van der Waals surface area contributed by atoms with Gasteiger partial charge in [0.2, 0.25) is 5.24 Å². The van der Waals surface area contributed by atoms with Crippen molar-refractivity contribution in [1.82, 2.24) is 0 Å². The lowest BCUT2D eigenvalue weighted by Gasteiger charge is -2.03. The molecule has 0 radical (unpaired) electrons. The van der Waals surface area contributed by atoms with Crippen LogP contribution >= 0.6 is 46.4 Å². The zero-order valence-corrected chi connectivity index (χ0v) is 11.3. The van der Waals surface area contributed by atoms with Crippen LogP contribution in [0.15, 0.2) is 24.3 Å². The first-order valence-electron chi connectivity index (χ1n) is 4.65. The quantitative estimate of drug-likeness (QED) is 0.585.